The second kappa shape index (κ2) is 10.5. The van der Waals surface area contributed by atoms with Crippen molar-refractivity contribution in [2.45, 2.75) is 19.9 Å². The lowest BCUT2D eigenvalue weighted by Gasteiger charge is -2.32. The number of carbonyl (C=O) groups is 1. The van der Waals surface area contributed by atoms with E-state index in [1.165, 1.54) is 11.1 Å². The van der Waals surface area contributed by atoms with Crippen LogP contribution in [-0.4, -0.2) is 62.1 Å². The molecule has 1 aromatic carbocycles. The van der Waals surface area contributed by atoms with Crippen LogP contribution in [0.25, 0.3) is 0 Å². The number of fused-ring (bicyclic) bond motifs is 1. The number of carbonyl (C=O) groups excluding carboxylic acids is 1. The van der Waals surface area contributed by atoms with Crippen LogP contribution in [0.15, 0.2) is 41.7 Å². The predicted molar refractivity (Wildman–Crippen MR) is 116 cm³/mol. The van der Waals surface area contributed by atoms with Crippen LogP contribution in [0.1, 0.15) is 28.4 Å². The van der Waals surface area contributed by atoms with E-state index in [1.54, 1.807) is 38.7 Å². The third kappa shape index (κ3) is 5.20. The highest BCUT2D eigenvalue weighted by molar-refractivity contribution is 5.93. The van der Waals surface area contributed by atoms with Gasteiger partial charge < -0.3 is 25.0 Å². The van der Waals surface area contributed by atoms with E-state index in [9.17, 15) is 4.79 Å². The Morgan fingerprint density at radius 1 is 1.20 bits per heavy atom. The third-order valence-corrected chi connectivity index (χ3v) is 4.94. The van der Waals surface area contributed by atoms with Gasteiger partial charge in [0, 0.05) is 38.6 Å². The number of aromatic nitrogens is 1. The molecular weight excluding hydrogens is 382 g/mol. The van der Waals surface area contributed by atoms with Gasteiger partial charge >= 0.3 is 0 Å². The first-order valence-electron chi connectivity index (χ1n) is 10.1. The second-order valence-corrected chi connectivity index (χ2v) is 6.88. The van der Waals surface area contributed by atoms with Crippen LogP contribution in [0, 0.1) is 0 Å². The fourth-order valence-electron chi connectivity index (χ4n) is 3.42. The number of hydrogen-bond donors (Lipinski definition) is 2. The zero-order valence-electron chi connectivity index (χ0n) is 17.8. The summed E-state index contributed by atoms with van der Waals surface area (Å²) in [6.07, 6.45) is 4.10. The summed E-state index contributed by atoms with van der Waals surface area (Å²) in [5.74, 6) is 2.19. The molecule has 0 saturated heterocycles. The second-order valence-electron chi connectivity index (χ2n) is 6.88. The van der Waals surface area contributed by atoms with Gasteiger partial charge in [0.05, 0.1) is 26.3 Å². The molecule has 3 rings (SSSR count). The molecule has 1 amide bonds. The molecule has 0 bridgehead atoms. The van der Waals surface area contributed by atoms with Crippen molar-refractivity contribution < 1.29 is 14.3 Å². The summed E-state index contributed by atoms with van der Waals surface area (Å²) in [6.45, 7) is 5.36. The van der Waals surface area contributed by atoms with Crippen LogP contribution < -0.4 is 20.1 Å². The summed E-state index contributed by atoms with van der Waals surface area (Å²) >= 11 is 0. The predicted octanol–water partition coefficient (Wildman–Crippen LogP) is 1.85. The summed E-state index contributed by atoms with van der Waals surface area (Å²) < 4.78 is 10.9. The molecule has 0 unspecified atom stereocenters. The number of benzene rings is 1. The summed E-state index contributed by atoms with van der Waals surface area (Å²) in [7, 11) is 3.30. The van der Waals surface area contributed by atoms with Crippen molar-refractivity contribution in [1.29, 1.82) is 0 Å². The summed E-state index contributed by atoms with van der Waals surface area (Å²) in [4.78, 5) is 23.0. The minimum absolute atomic E-state index is 0.142. The maximum Gasteiger partial charge on any atom is 0.252 e. The van der Waals surface area contributed by atoms with E-state index in [0.717, 1.165) is 43.5 Å². The first-order valence-corrected chi connectivity index (χ1v) is 10.1. The van der Waals surface area contributed by atoms with E-state index in [0.29, 0.717) is 18.7 Å². The number of nitrogens with one attached hydrogen (secondary N) is 2. The number of hydrogen-bond acceptors (Lipinski definition) is 5. The number of ether oxygens (including phenoxy) is 2. The molecule has 0 atom stereocenters. The summed E-state index contributed by atoms with van der Waals surface area (Å²) in [6, 6.07) is 7.58. The van der Waals surface area contributed by atoms with Crippen LogP contribution in [0.2, 0.25) is 0 Å². The molecule has 1 aliphatic heterocycles. The summed E-state index contributed by atoms with van der Waals surface area (Å²) in [5, 5.41) is 6.23. The Kier molecular flexibility index (Phi) is 7.48. The maximum atomic E-state index is 12.1. The Morgan fingerprint density at radius 2 is 1.97 bits per heavy atom. The molecule has 8 heteroatoms. The van der Waals surface area contributed by atoms with Crippen molar-refractivity contribution in [3.8, 4) is 11.5 Å². The van der Waals surface area contributed by atoms with Gasteiger partial charge in [-0.25, -0.2) is 0 Å². The fraction of sp³-hybridized carbons (Fsp3) is 0.409. The number of guanidine groups is 1. The average Bonchev–Trinajstić information content (AvgIpc) is 2.80. The fourth-order valence-corrected chi connectivity index (χ4v) is 3.42. The van der Waals surface area contributed by atoms with Crippen LogP contribution >= 0.6 is 0 Å². The lowest BCUT2D eigenvalue weighted by Crippen LogP contribution is -2.44. The Bertz CT molecular complexity index is 886. The molecule has 0 saturated carbocycles. The van der Waals surface area contributed by atoms with Crippen LogP contribution in [-0.2, 0) is 13.0 Å². The van der Waals surface area contributed by atoms with Crippen molar-refractivity contribution >= 4 is 11.9 Å². The van der Waals surface area contributed by atoms with E-state index in [-0.39, 0.29) is 5.91 Å². The molecule has 0 radical (unpaired) electrons. The van der Waals surface area contributed by atoms with Gasteiger partial charge in [-0.2, -0.15) is 0 Å². The van der Waals surface area contributed by atoms with Gasteiger partial charge in [0.2, 0.25) is 0 Å². The van der Waals surface area contributed by atoms with Gasteiger partial charge in [-0.3, -0.25) is 14.8 Å². The van der Waals surface area contributed by atoms with Crippen molar-refractivity contribution in [2.75, 3.05) is 40.4 Å². The van der Waals surface area contributed by atoms with Crippen molar-refractivity contribution in [2.24, 2.45) is 4.99 Å². The molecule has 2 N–H and O–H groups in total. The van der Waals surface area contributed by atoms with E-state index in [2.05, 4.69) is 26.6 Å². The van der Waals surface area contributed by atoms with Crippen LogP contribution in [0.3, 0.4) is 0 Å². The molecular formula is C22H29N5O3. The van der Waals surface area contributed by atoms with Crippen molar-refractivity contribution in [3.63, 3.8) is 0 Å². The Labute approximate surface area is 177 Å². The molecule has 1 aromatic heterocycles. The lowest BCUT2D eigenvalue weighted by atomic mass is 9.99. The average molecular weight is 412 g/mol. The quantitative estimate of drug-likeness (QED) is 0.411. The third-order valence-electron chi connectivity index (χ3n) is 4.94. The SMILES string of the molecule is CCNC(=NCCNC(=O)c1cccnc1)N1CCc2cc(OC)c(OC)cc2C1. The van der Waals surface area contributed by atoms with Crippen molar-refractivity contribution in [1.82, 2.24) is 20.5 Å². The molecule has 0 fully saturated rings. The highest BCUT2D eigenvalue weighted by Gasteiger charge is 2.21. The number of pyridine rings is 1. The zero-order valence-corrected chi connectivity index (χ0v) is 17.8. The monoisotopic (exact) mass is 411 g/mol. The number of methoxy groups -OCH3 is 2. The molecule has 8 nitrogen and oxygen atoms in total. The van der Waals surface area contributed by atoms with Gasteiger partial charge in [-0.1, -0.05) is 0 Å². The van der Waals surface area contributed by atoms with Gasteiger partial charge in [-0.15, -0.1) is 0 Å². The molecule has 2 aromatic rings. The smallest absolute Gasteiger partial charge is 0.252 e. The number of rotatable bonds is 7. The maximum absolute atomic E-state index is 12.1. The van der Waals surface area contributed by atoms with E-state index >= 15 is 0 Å². The highest BCUT2D eigenvalue weighted by atomic mass is 16.5. The Hall–Kier alpha value is -3.29. The normalized spacial score (nSPS) is 13.4. The lowest BCUT2D eigenvalue weighted by molar-refractivity contribution is 0.0954. The zero-order chi connectivity index (χ0) is 21.3. The molecule has 160 valence electrons. The number of amides is 1. The first-order chi connectivity index (χ1) is 14.7. The van der Waals surface area contributed by atoms with Gasteiger partial charge in [0.1, 0.15) is 0 Å². The Balaban J connectivity index is 1.62. The van der Waals surface area contributed by atoms with Gasteiger partial charge in [-0.05, 0) is 48.7 Å². The molecule has 0 aliphatic carbocycles. The molecule has 30 heavy (non-hydrogen) atoms. The topological polar surface area (TPSA) is 88.1 Å². The van der Waals surface area contributed by atoms with E-state index in [4.69, 9.17) is 14.5 Å². The minimum Gasteiger partial charge on any atom is -0.493 e. The van der Waals surface area contributed by atoms with Crippen LogP contribution in [0.5, 0.6) is 11.5 Å². The minimum atomic E-state index is -0.142. The van der Waals surface area contributed by atoms with Crippen molar-refractivity contribution in [3.05, 3.63) is 53.3 Å². The largest absolute Gasteiger partial charge is 0.493 e. The standard InChI is InChI=1S/C22H29N5O3/c1-4-24-22(26-10-9-25-21(28)17-6-5-8-23-14-17)27-11-7-16-12-19(29-2)20(30-3)13-18(16)15-27/h5-6,8,12-14H,4,7,9-11,15H2,1-3H3,(H,24,26)(H,25,28). The van der Waals surface area contributed by atoms with Gasteiger partial charge in [0.25, 0.3) is 5.91 Å². The first kappa shape index (κ1) is 21.4. The Morgan fingerprint density at radius 3 is 2.63 bits per heavy atom. The number of nitrogens with zero attached hydrogens (tertiary/aromatic N) is 3. The molecule has 0 spiro atoms. The molecule has 1 aliphatic rings. The van der Waals surface area contributed by atoms with E-state index < -0.39 is 0 Å². The van der Waals surface area contributed by atoms with Crippen LogP contribution in [0.4, 0.5) is 0 Å². The molecule has 2 heterocycles. The number of aliphatic imine (C=N–C) groups is 1. The summed E-state index contributed by atoms with van der Waals surface area (Å²) in [5.41, 5.74) is 3.02. The highest BCUT2D eigenvalue weighted by Crippen LogP contribution is 2.33. The van der Waals surface area contributed by atoms with Gasteiger partial charge in [0.15, 0.2) is 17.5 Å². The van der Waals surface area contributed by atoms with E-state index in [1.807, 2.05) is 13.0 Å².